The van der Waals surface area contributed by atoms with E-state index in [1.54, 1.807) is 0 Å². The van der Waals surface area contributed by atoms with Gasteiger partial charge < -0.3 is 0 Å². The maximum atomic E-state index is 2.50. The SMILES string of the molecule is C1=CC2C(C=CC3=CC=C(c4ccccc4)CC3)=CC=C(C3=c4ccccc4=C(C4=CC=C5c6ccccc6C(c6ccccc6)(c6ccccc6)C5C4)C4C=CC=CC34)C2C=C1. The van der Waals surface area contributed by atoms with Gasteiger partial charge in [-0.2, -0.15) is 0 Å². The second-order valence-corrected chi connectivity index (χ2v) is 18.1. The van der Waals surface area contributed by atoms with Crippen LogP contribution in [0.4, 0.5) is 0 Å². The average Bonchev–Trinajstić information content (AvgIpc) is 3.66. The van der Waals surface area contributed by atoms with Crippen LogP contribution >= 0.6 is 0 Å². The van der Waals surface area contributed by atoms with Crippen LogP contribution in [0.25, 0.3) is 22.3 Å². The van der Waals surface area contributed by atoms with Crippen LogP contribution in [-0.2, 0) is 5.41 Å². The third-order valence-corrected chi connectivity index (χ3v) is 15.0. The lowest BCUT2D eigenvalue weighted by Crippen LogP contribution is -2.42. The monoisotopic (exact) mass is 806 g/mol. The Labute approximate surface area is 372 Å². The van der Waals surface area contributed by atoms with Crippen LogP contribution in [0.3, 0.4) is 0 Å². The Kier molecular flexibility index (Phi) is 9.41. The lowest BCUT2D eigenvalue weighted by Gasteiger charge is -2.42. The number of hydrogen-bond acceptors (Lipinski definition) is 0. The highest BCUT2D eigenvalue weighted by atomic mass is 14.5. The number of benzene rings is 5. The Balaban J connectivity index is 0.985. The minimum Gasteiger partial charge on any atom is -0.0761 e. The second-order valence-electron chi connectivity index (χ2n) is 18.1. The molecule has 0 N–H and O–H groups in total. The van der Waals surface area contributed by atoms with E-state index in [1.165, 1.54) is 82.8 Å². The molecule has 12 rings (SSSR count). The number of rotatable bonds is 7. The summed E-state index contributed by atoms with van der Waals surface area (Å²) in [4.78, 5) is 0. The van der Waals surface area contributed by atoms with E-state index in [1.807, 2.05) is 0 Å². The zero-order chi connectivity index (χ0) is 41.7. The fraction of sp³-hybridized carbons (Fsp3) is 0.143. The van der Waals surface area contributed by atoms with Crippen LogP contribution in [0.15, 0.2) is 259 Å². The molecule has 5 aromatic carbocycles. The molecule has 0 aromatic heterocycles. The highest BCUT2D eigenvalue weighted by Crippen LogP contribution is 2.61. The van der Waals surface area contributed by atoms with E-state index < -0.39 is 0 Å². The fourth-order valence-corrected chi connectivity index (χ4v) is 12.3. The summed E-state index contributed by atoms with van der Waals surface area (Å²) in [5.74, 6) is 1.26. The van der Waals surface area contributed by atoms with E-state index in [0.717, 1.165) is 19.3 Å². The first-order valence-corrected chi connectivity index (χ1v) is 23.0. The lowest BCUT2D eigenvalue weighted by atomic mass is 9.60. The Morgan fingerprint density at radius 3 is 1.70 bits per heavy atom. The van der Waals surface area contributed by atoms with Gasteiger partial charge in [0.15, 0.2) is 0 Å². The summed E-state index contributed by atoms with van der Waals surface area (Å²) in [6.07, 6.45) is 41.3. The molecule has 0 bridgehead atoms. The molecule has 0 saturated heterocycles. The smallest absolute Gasteiger partial charge is 0.0529 e. The molecule has 302 valence electrons. The predicted octanol–water partition coefficient (Wildman–Crippen LogP) is 13.3. The topological polar surface area (TPSA) is 0 Å². The summed E-state index contributed by atoms with van der Waals surface area (Å²) >= 11 is 0. The maximum Gasteiger partial charge on any atom is 0.0529 e. The summed E-state index contributed by atoms with van der Waals surface area (Å²) in [7, 11) is 0. The Bertz CT molecular complexity index is 3090. The zero-order valence-electron chi connectivity index (χ0n) is 35.5. The van der Waals surface area contributed by atoms with Gasteiger partial charge in [-0.3, -0.25) is 0 Å². The van der Waals surface area contributed by atoms with Crippen molar-refractivity contribution in [1.29, 1.82) is 0 Å². The molecular formula is C63H50. The molecule has 0 amide bonds. The van der Waals surface area contributed by atoms with Gasteiger partial charge in [0.25, 0.3) is 0 Å². The van der Waals surface area contributed by atoms with Gasteiger partial charge in [-0.1, -0.05) is 237 Å². The molecule has 0 saturated carbocycles. The third-order valence-electron chi connectivity index (χ3n) is 15.0. The van der Waals surface area contributed by atoms with E-state index in [9.17, 15) is 0 Å². The van der Waals surface area contributed by atoms with Gasteiger partial charge in [0.1, 0.15) is 0 Å². The molecule has 0 spiro atoms. The van der Waals surface area contributed by atoms with Gasteiger partial charge in [0.05, 0.1) is 5.41 Å². The van der Waals surface area contributed by atoms with Crippen LogP contribution in [-0.4, -0.2) is 0 Å². The molecule has 5 aromatic rings. The first-order valence-electron chi connectivity index (χ1n) is 23.0. The van der Waals surface area contributed by atoms with Crippen molar-refractivity contribution >= 4 is 22.3 Å². The number of hydrogen-bond donors (Lipinski definition) is 0. The van der Waals surface area contributed by atoms with Crippen molar-refractivity contribution in [2.24, 2.45) is 29.6 Å². The highest BCUT2D eigenvalue weighted by molar-refractivity contribution is 5.88. The molecule has 7 aliphatic carbocycles. The molecule has 7 aliphatic rings. The molecule has 5 atom stereocenters. The van der Waals surface area contributed by atoms with Crippen molar-refractivity contribution in [2.45, 2.75) is 24.7 Å². The van der Waals surface area contributed by atoms with Gasteiger partial charge in [-0.15, -0.1) is 0 Å². The summed E-state index contributed by atoms with van der Waals surface area (Å²) in [5.41, 5.74) is 18.1. The highest BCUT2D eigenvalue weighted by Gasteiger charge is 2.53. The van der Waals surface area contributed by atoms with Gasteiger partial charge in [0.2, 0.25) is 0 Å². The molecule has 0 fully saturated rings. The Morgan fingerprint density at radius 2 is 1.00 bits per heavy atom. The Hall–Kier alpha value is -7.02. The van der Waals surface area contributed by atoms with E-state index >= 15 is 0 Å². The van der Waals surface area contributed by atoms with Crippen LogP contribution in [0, 0.1) is 29.6 Å². The fourth-order valence-electron chi connectivity index (χ4n) is 12.3. The summed E-state index contributed by atoms with van der Waals surface area (Å²) in [6, 6.07) is 52.0. The van der Waals surface area contributed by atoms with Gasteiger partial charge in [0, 0.05) is 29.6 Å². The molecule has 5 unspecified atom stereocenters. The van der Waals surface area contributed by atoms with Crippen molar-refractivity contribution in [3.8, 4) is 0 Å². The van der Waals surface area contributed by atoms with Gasteiger partial charge in [-0.25, -0.2) is 0 Å². The van der Waals surface area contributed by atoms with Crippen LogP contribution in [0.2, 0.25) is 0 Å². The molecular weight excluding hydrogens is 757 g/mol. The van der Waals surface area contributed by atoms with E-state index in [0.29, 0.717) is 0 Å². The summed E-state index contributed by atoms with van der Waals surface area (Å²) in [5, 5.41) is 2.76. The predicted molar refractivity (Wildman–Crippen MR) is 263 cm³/mol. The molecule has 0 heterocycles. The second kappa shape index (κ2) is 15.7. The molecule has 0 nitrogen and oxygen atoms in total. The largest absolute Gasteiger partial charge is 0.0761 e. The maximum absolute atomic E-state index is 2.50. The van der Waals surface area contributed by atoms with E-state index in [4.69, 9.17) is 0 Å². The first kappa shape index (κ1) is 37.7. The van der Waals surface area contributed by atoms with Crippen molar-refractivity contribution in [1.82, 2.24) is 0 Å². The van der Waals surface area contributed by atoms with E-state index in [-0.39, 0.29) is 35.0 Å². The number of allylic oxidation sites excluding steroid dienone is 22. The Morgan fingerprint density at radius 1 is 0.429 bits per heavy atom. The zero-order valence-corrected chi connectivity index (χ0v) is 35.5. The molecule has 0 aliphatic heterocycles. The molecule has 63 heavy (non-hydrogen) atoms. The van der Waals surface area contributed by atoms with Crippen LogP contribution < -0.4 is 10.4 Å². The van der Waals surface area contributed by atoms with Crippen molar-refractivity contribution < 1.29 is 0 Å². The molecule has 0 radical (unpaired) electrons. The van der Waals surface area contributed by atoms with Crippen LogP contribution in [0.1, 0.15) is 47.1 Å². The standard InChI is InChI=1S/C63H50/c1-4-18-44(19-5-1)45-35-32-43(33-36-45)34-37-46-38-41-58(51-25-11-10-24-50(46)51)62-56-29-14-12-27-54(56)61(55-28-13-15-30-57(55)62)47-39-40-53-52-26-16-17-31-59(52)63(60(53)42-47,48-20-6-2-7-21-48)49-22-8-3-9-23-49/h1-32,34-35,37-41,50-51,54,56,60H,33,36,42H2. The number of fused-ring (bicyclic) bond motifs is 6. The average molecular weight is 807 g/mol. The van der Waals surface area contributed by atoms with E-state index in [2.05, 4.69) is 237 Å². The van der Waals surface area contributed by atoms with Crippen molar-refractivity contribution in [3.63, 3.8) is 0 Å². The molecule has 0 heteroatoms. The van der Waals surface area contributed by atoms with Gasteiger partial charge >= 0.3 is 0 Å². The van der Waals surface area contributed by atoms with Crippen molar-refractivity contribution in [2.75, 3.05) is 0 Å². The van der Waals surface area contributed by atoms with Crippen LogP contribution in [0.5, 0.6) is 0 Å². The normalized spacial score (nSPS) is 24.8. The minimum atomic E-state index is -0.311. The lowest BCUT2D eigenvalue weighted by molar-refractivity contribution is 0.476. The minimum absolute atomic E-state index is 0.229. The van der Waals surface area contributed by atoms with Crippen molar-refractivity contribution in [3.05, 3.63) is 297 Å². The first-order chi connectivity index (χ1) is 31.3. The summed E-state index contributed by atoms with van der Waals surface area (Å²) < 4.78 is 0. The van der Waals surface area contributed by atoms with Gasteiger partial charge in [-0.05, 0) is 102 Å². The third kappa shape index (κ3) is 6.18. The quantitative estimate of drug-likeness (QED) is 0.154. The summed E-state index contributed by atoms with van der Waals surface area (Å²) in [6.45, 7) is 0.